The minimum absolute atomic E-state index is 0.0833. The van der Waals surface area contributed by atoms with Gasteiger partial charge in [-0.1, -0.05) is 30.3 Å². The summed E-state index contributed by atoms with van der Waals surface area (Å²) in [6.07, 6.45) is 2.68. The first-order chi connectivity index (χ1) is 11.7. The van der Waals surface area contributed by atoms with Gasteiger partial charge in [0.15, 0.2) is 0 Å². The molecule has 1 aromatic rings. The van der Waals surface area contributed by atoms with Crippen LogP contribution in [0.15, 0.2) is 36.4 Å². The van der Waals surface area contributed by atoms with Gasteiger partial charge in [0.1, 0.15) is 0 Å². The van der Waals surface area contributed by atoms with Gasteiger partial charge in [-0.15, -0.1) is 0 Å². The Balaban J connectivity index is -0.000000292. The minimum atomic E-state index is -0.922. The zero-order valence-electron chi connectivity index (χ0n) is 13.2. The van der Waals surface area contributed by atoms with Crippen molar-refractivity contribution in [2.75, 3.05) is 24.7 Å². The fourth-order valence-electron chi connectivity index (χ4n) is 0.732. The lowest BCUT2D eigenvalue weighted by atomic mass is 10.2. The topological polar surface area (TPSA) is 152 Å². The van der Waals surface area contributed by atoms with Crippen molar-refractivity contribution in [3.8, 4) is 0 Å². The quantitative estimate of drug-likeness (QED) is 0.285. The summed E-state index contributed by atoms with van der Waals surface area (Å²) >= 11 is 6.83. The number of carboxylic acid groups (broad SMARTS) is 3. The van der Waals surface area contributed by atoms with Gasteiger partial charge >= 0.3 is 17.9 Å². The van der Waals surface area contributed by atoms with Crippen molar-refractivity contribution in [3.05, 3.63) is 42.0 Å². The minimum Gasteiger partial charge on any atom is -0.481 e. The summed E-state index contributed by atoms with van der Waals surface area (Å²) in [6, 6.07) is 9.31. The summed E-state index contributed by atoms with van der Waals surface area (Å²) < 4.78 is 0. The summed E-state index contributed by atoms with van der Waals surface area (Å²) in [7, 11) is 0. The van der Waals surface area contributed by atoms with Crippen molar-refractivity contribution >= 4 is 49.2 Å². The van der Waals surface area contributed by atoms with Crippen LogP contribution in [0.25, 0.3) is 6.08 Å². The average molecular weight is 394 g/mol. The van der Waals surface area contributed by atoms with E-state index in [-0.39, 0.29) is 24.7 Å². The highest BCUT2D eigenvalue weighted by Gasteiger charge is 1.86. The van der Waals surface area contributed by atoms with Gasteiger partial charge in [-0.25, -0.2) is 4.79 Å². The van der Waals surface area contributed by atoms with Gasteiger partial charge in [0, 0.05) is 6.08 Å². The van der Waals surface area contributed by atoms with Crippen molar-refractivity contribution in [1.82, 2.24) is 0 Å². The average Bonchev–Trinajstić information content (AvgIpc) is 2.62. The predicted molar refractivity (Wildman–Crippen MR) is 100 cm³/mol. The maximum Gasteiger partial charge on any atom is 0.328 e. The summed E-state index contributed by atoms with van der Waals surface area (Å²) in [6.45, 7) is -0.250. The highest BCUT2D eigenvalue weighted by Crippen LogP contribution is 1.99. The van der Waals surface area contributed by atoms with Crippen molar-refractivity contribution in [2.24, 2.45) is 0 Å². The van der Waals surface area contributed by atoms with E-state index >= 15 is 0 Å². The summed E-state index contributed by atoms with van der Waals surface area (Å²) in [5.74, 6) is -2.85. The normalized spacial score (nSPS) is 8.64. The molecule has 8 nitrogen and oxygen atoms in total. The Labute approximate surface area is 156 Å². The molecule has 10 heteroatoms. The molecule has 0 aliphatic heterocycles. The van der Waals surface area contributed by atoms with Gasteiger partial charge in [-0.3, -0.25) is 9.59 Å². The van der Waals surface area contributed by atoms with Gasteiger partial charge in [0.2, 0.25) is 0 Å². The number of carbonyl (C=O) groups is 3. The van der Waals surface area contributed by atoms with E-state index in [4.69, 9.17) is 25.5 Å². The second kappa shape index (κ2) is 22.0. The zero-order valence-corrected chi connectivity index (χ0v) is 15.0. The highest BCUT2D eigenvalue weighted by atomic mass is 32.1. The van der Waals surface area contributed by atoms with Crippen molar-refractivity contribution in [2.45, 2.75) is 0 Å². The number of hydrogen-bond donors (Lipinski definition) is 7. The van der Waals surface area contributed by atoms with E-state index in [0.717, 1.165) is 11.6 Å². The van der Waals surface area contributed by atoms with Crippen LogP contribution >= 0.6 is 25.3 Å². The van der Waals surface area contributed by atoms with E-state index in [9.17, 15) is 14.4 Å². The monoisotopic (exact) mass is 394 g/mol. The number of thiol groups is 2. The molecular weight excluding hydrogens is 372 g/mol. The van der Waals surface area contributed by atoms with Crippen LogP contribution < -0.4 is 0 Å². The lowest BCUT2D eigenvalue weighted by Crippen LogP contribution is -1.92. The second-order valence-corrected chi connectivity index (χ2v) is 4.27. The van der Waals surface area contributed by atoms with Gasteiger partial charge < -0.3 is 25.5 Å². The molecule has 0 radical (unpaired) electrons. The Morgan fingerprint density at radius 3 is 1.44 bits per heavy atom. The Bertz CT molecular complexity index is 476. The largest absolute Gasteiger partial charge is 0.481 e. The van der Waals surface area contributed by atoms with Crippen LogP contribution in [0.3, 0.4) is 0 Å². The molecule has 0 amide bonds. The van der Waals surface area contributed by atoms with Gasteiger partial charge in [0.05, 0.1) is 24.7 Å². The van der Waals surface area contributed by atoms with Gasteiger partial charge in [-0.05, 0) is 11.6 Å². The summed E-state index contributed by atoms with van der Waals surface area (Å²) in [4.78, 5) is 28.7. The standard InChI is InChI=1S/C9H8O2.2C2H4O2S.C2H6O2/c10-9(11)7-6-8-4-2-1-3-5-8;2*3-2(4)1-5;3-1-2-4/h1-7H,(H,10,11);2*5H,1H2,(H,3,4);3-4H,1-2H2. The van der Waals surface area contributed by atoms with Crippen LogP contribution in [-0.4, -0.2) is 68.2 Å². The van der Waals surface area contributed by atoms with Crippen LogP contribution in [0.5, 0.6) is 0 Å². The fraction of sp³-hybridized carbons (Fsp3) is 0.267. The van der Waals surface area contributed by atoms with Crippen molar-refractivity contribution in [3.63, 3.8) is 0 Å². The molecule has 0 spiro atoms. The summed E-state index contributed by atoms with van der Waals surface area (Å²) in [5, 5.41) is 38.8. The van der Waals surface area contributed by atoms with Crippen molar-refractivity contribution in [1.29, 1.82) is 0 Å². The Morgan fingerprint density at radius 1 is 0.840 bits per heavy atom. The number of aliphatic hydroxyl groups is 2. The Kier molecular flexibility index (Phi) is 24.5. The number of carboxylic acids is 3. The lowest BCUT2D eigenvalue weighted by Gasteiger charge is -1.87. The Hall–Kier alpha value is -2.01. The van der Waals surface area contributed by atoms with Crippen LogP contribution in [0.4, 0.5) is 0 Å². The third-order valence-corrected chi connectivity index (χ3v) is 2.13. The molecule has 0 unspecified atom stereocenters. The maximum absolute atomic E-state index is 10.1. The van der Waals surface area contributed by atoms with Crippen molar-refractivity contribution < 1.29 is 39.9 Å². The van der Waals surface area contributed by atoms with E-state index in [1.54, 1.807) is 6.08 Å². The number of rotatable bonds is 5. The molecule has 0 aliphatic carbocycles. The molecule has 0 fully saturated rings. The smallest absolute Gasteiger partial charge is 0.328 e. The first-order valence-electron chi connectivity index (χ1n) is 6.58. The highest BCUT2D eigenvalue weighted by molar-refractivity contribution is 7.81. The van der Waals surface area contributed by atoms with E-state index < -0.39 is 17.9 Å². The van der Waals surface area contributed by atoms with E-state index in [0.29, 0.717) is 0 Å². The van der Waals surface area contributed by atoms with Crippen LogP contribution in [0.1, 0.15) is 5.56 Å². The molecule has 1 rings (SSSR count). The van der Waals surface area contributed by atoms with Gasteiger partial charge in [0.25, 0.3) is 0 Å². The molecule has 5 N–H and O–H groups in total. The second-order valence-electron chi connectivity index (χ2n) is 3.63. The predicted octanol–water partition coefficient (Wildman–Crippen LogP) is 0.757. The molecule has 0 aliphatic rings. The molecule has 0 saturated carbocycles. The van der Waals surface area contributed by atoms with Crippen LogP contribution in [0, 0.1) is 0 Å². The number of hydrogen-bond acceptors (Lipinski definition) is 7. The molecular formula is C15H22O8S2. The number of benzene rings is 1. The molecule has 0 heterocycles. The molecule has 0 saturated heterocycles. The first kappa shape index (κ1) is 27.8. The molecule has 25 heavy (non-hydrogen) atoms. The molecule has 0 atom stereocenters. The third kappa shape index (κ3) is 34.4. The van der Waals surface area contributed by atoms with Crippen LogP contribution in [-0.2, 0) is 14.4 Å². The van der Waals surface area contributed by atoms with E-state index in [1.165, 1.54) is 0 Å². The third-order valence-electron chi connectivity index (χ3n) is 1.59. The van der Waals surface area contributed by atoms with E-state index in [1.807, 2.05) is 30.3 Å². The Morgan fingerprint density at radius 2 is 1.20 bits per heavy atom. The zero-order chi connectivity index (χ0) is 20.1. The van der Waals surface area contributed by atoms with Crippen LogP contribution in [0.2, 0.25) is 0 Å². The molecule has 142 valence electrons. The molecule has 1 aromatic carbocycles. The first-order valence-corrected chi connectivity index (χ1v) is 7.84. The fourth-order valence-corrected chi connectivity index (χ4v) is 0.732. The summed E-state index contributed by atoms with van der Waals surface area (Å²) in [5.41, 5.74) is 0.898. The lowest BCUT2D eigenvalue weighted by molar-refractivity contribution is -0.134. The number of aliphatic carboxylic acids is 3. The molecule has 0 aromatic heterocycles. The maximum atomic E-state index is 10.1. The SMILES string of the molecule is O=C(O)C=Cc1ccccc1.O=C(O)CS.O=C(O)CS.OCCO. The van der Waals surface area contributed by atoms with E-state index in [2.05, 4.69) is 25.3 Å². The van der Waals surface area contributed by atoms with Gasteiger partial charge in [-0.2, -0.15) is 25.3 Å². The molecule has 0 bridgehead atoms. The number of aliphatic hydroxyl groups excluding tert-OH is 2.